The van der Waals surface area contributed by atoms with Gasteiger partial charge in [0.2, 0.25) is 5.13 Å². The second-order valence-corrected chi connectivity index (χ2v) is 7.60. The van der Waals surface area contributed by atoms with Crippen molar-refractivity contribution in [2.24, 2.45) is 0 Å². The zero-order valence-electron chi connectivity index (χ0n) is 11.9. The molecule has 2 rings (SSSR count). The molecule has 5 nitrogen and oxygen atoms in total. The van der Waals surface area contributed by atoms with Crippen LogP contribution in [-0.4, -0.2) is 31.9 Å². The molecule has 0 aliphatic carbocycles. The number of hydrogen-bond donors (Lipinski definition) is 0. The lowest BCUT2D eigenvalue weighted by atomic mass is 10.2. The van der Waals surface area contributed by atoms with Crippen LogP contribution in [0.5, 0.6) is 0 Å². The molecule has 0 unspecified atom stereocenters. The van der Waals surface area contributed by atoms with E-state index in [1.165, 1.54) is 11.5 Å². The van der Waals surface area contributed by atoms with Gasteiger partial charge in [0.25, 0.3) is 0 Å². The molecule has 7 heteroatoms. The van der Waals surface area contributed by atoms with Gasteiger partial charge < -0.3 is 4.90 Å². The Morgan fingerprint density at radius 1 is 1.25 bits per heavy atom. The van der Waals surface area contributed by atoms with Crippen molar-refractivity contribution in [1.82, 2.24) is 9.36 Å². The summed E-state index contributed by atoms with van der Waals surface area (Å²) in [6.07, 6.45) is 0. The number of benzene rings is 1. The van der Waals surface area contributed by atoms with Crippen LogP contribution in [0.15, 0.2) is 23.1 Å². The monoisotopic (exact) mass is 311 g/mol. The van der Waals surface area contributed by atoms with Crippen LogP contribution in [-0.2, 0) is 15.6 Å². The summed E-state index contributed by atoms with van der Waals surface area (Å²) in [6.45, 7) is 3.74. The molecule has 1 heterocycles. The Labute approximate surface area is 123 Å². The van der Waals surface area contributed by atoms with Crippen molar-refractivity contribution < 1.29 is 8.42 Å². The average molecular weight is 311 g/mol. The summed E-state index contributed by atoms with van der Waals surface area (Å²) >= 11 is 1.20. The largest absolute Gasteiger partial charge is 0.353 e. The van der Waals surface area contributed by atoms with E-state index >= 15 is 0 Å². The van der Waals surface area contributed by atoms with Gasteiger partial charge in [-0.1, -0.05) is 17.7 Å². The first kappa shape index (κ1) is 14.9. The Bertz CT molecular complexity index is 721. The van der Waals surface area contributed by atoms with Crippen molar-refractivity contribution in [3.05, 3.63) is 35.2 Å². The number of aryl methyl sites for hydroxylation is 2. The second-order valence-electron chi connectivity index (χ2n) is 4.92. The molecule has 0 spiro atoms. The van der Waals surface area contributed by atoms with E-state index in [4.69, 9.17) is 0 Å². The zero-order chi connectivity index (χ0) is 14.9. The quantitative estimate of drug-likeness (QED) is 0.866. The van der Waals surface area contributed by atoms with E-state index in [0.717, 1.165) is 11.1 Å². The van der Waals surface area contributed by atoms with E-state index in [-0.39, 0.29) is 5.75 Å². The van der Waals surface area contributed by atoms with Crippen LogP contribution in [0.2, 0.25) is 0 Å². The van der Waals surface area contributed by atoms with E-state index in [1.807, 2.05) is 32.0 Å². The van der Waals surface area contributed by atoms with Crippen LogP contribution < -0.4 is 4.90 Å². The lowest BCUT2D eigenvalue weighted by molar-refractivity contribution is 0.593. The summed E-state index contributed by atoms with van der Waals surface area (Å²) in [5, 5.41) is 0.704. The van der Waals surface area contributed by atoms with Crippen molar-refractivity contribution in [2.75, 3.05) is 19.0 Å². The van der Waals surface area contributed by atoms with Crippen LogP contribution in [0.4, 0.5) is 5.13 Å². The molecule has 0 saturated heterocycles. The third-order valence-electron chi connectivity index (χ3n) is 2.82. The minimum absolute atomic E-state index is 0.165. The molecule has 0 aliphatic rings. The predicted octanol–water partition coefficient (Wildman–Crippen LogP) is 2.19. The van der Waals surface area contributed by atoms with Gasteiger partial charge in [0.15, 0.2) is 15.7 Å². The highest BCUT2D eigenvalue weighted by molar-refractivity contribution is 7.90. The Hall–Kier alpha value is -1.47. The molecule has 1 aromatic heterocycles. The first-order valence-corrected chi connectivity index (χ1v) is 8.52. The molecule has 0 radical (unpaired) electrons. The van der Waals surface area contributed by atoms with Gasteiger partial charge in [0, 0.05) is 25.6 Å². The number of nitrogens with zero attached hydrogens (tertiary/aromatic N) is 3. The first-order valence-electron chi connectivity index (χ1n) is 6.09. The van der Waals surface area contributed by atoms with Crippen molar-refractivity contribution >= 4 is 26.5 Å². The van der Waals surface area contributed by atoms with Crippen molar-refractivity contribution in [2.45, 2.75) is 24.5 Å². The van der Waals surface area contributed by atoms with Crippen LogP contribution in [0.3, 0.4) is 0 Å². The number of hydrogen-bond acceptors (Lipinski definition) is 6. The van der Waals surface area contributed by atoms with Crippen LogP contribution in [0, 0.1) is 13.8 Å². The number of anilines is 1. The van der Waals surface area contributed by atoms with Crippen LogP contribution in [0.25, 0.3) is 0 Å². The Kier molecular flexibility index (Phi) is 4.10. The lowest BCUT2D eigenvalue weighted by Gasteiger charge is -2.07. The molecule has 108 valence electrons. The maximum Gasteiger partial charge on any atom is 0.204 e. The minimum atomic E-state index is -3.41. The zero-order valence-corrected chi connectivity index (χ0v) is 13.5. The third kappa shape index (κ3) is 3.16. The minimum Gasteiger partial charge on any atom is -0.353 e. The van der Waals surface area contributed by atoms with E-state index in [9.17, 15) is 8.42 Å². The highest BCUT2D eigenvalue weighted by Gasteiger charge is 2.20. The maximum absolute atomic E-state index is 12.4. The van der Waals surface area contributed by atoms with Gasteiger partial charge in [-0.05, 0) is 25.5 Å². The molecule has 0 atom stereocenters. The molecule has 0 N–H and O–H groups in total. The molecule has 0 amide bonds. The molecule has 20 heavy (non-hydrogen) atoms. The van der Waals surface area contributed by atoms with Crippen molar-refractivity contribution in [3.63, 3.8) is 0 Å². The summed E-state index contributed by atoms with van der Waals surface area (Å²) in [7, 11) is 0.290. The highest BCUT2D eigenvalue weighted by Crippen LogP contribution is 2.22. The number of sulfone groups is 1. The first-order chi connectivity index (χ1) is 9.29. The van der Waals surface area contributed by atoms with E-state index in [0.29, 0.717) is 15.9 Å². The molecule has 2 aromatic rings. The Morgan fingerprint density at radius 2 is 1.95 bits per heavy atom. The summed E-state index contributed by atoms with van der Waals surface area (Å²) < 4.78 is 29.0. The normalized spacial score (nSPS) is 11.6. The van der Waals surface area contributed by atoms with Gasteiger partial charge in [-0.25, -0.2) is 13.4 Å². The van der Waals surface area contributed by atoms with Gasteiger partial charge in [-0.3, -0.25) is 0 Å². The number of rotatable bonds is 4. The fourth-order valence-electron chi connectivity index (χ4n) is 1.88. The van der Waals surface area contributed by atoms with Crippen molar-refractivity contribution in [3.8, 4) is 0 Å². The second kappa shape index (κ2) is 5.49. The average Bonchev–Trinajstić information content (AvgIpc) is 2.76. The van der Waals surface area contributed by atoms with Crippen LogP contribution >= 0.6 is 11.5 Å². The van der Waals surface area contributed by atoms with E-state index in [1.54, 1.807) is 19.1 Å². The predicted molar refractivity (Wildman–Crippen MR) is 81.0 cm³/mol. The van der Waals surface area contributed by atoms with E-state index in [2.05, 4.69) is 9.36 Å². The van der Waals surface area contributed by atoms with Gasteiger partial charge in [0.05, 0.1) is 4.90 Å². The summed E-state index contributed by atoms with van der Waals surface area (Å²) in [5.74, 6) is 0.181. The topological polar surface area (TPSA) is 63.2 Å². The Balaban J connectivity index is 2.30. The molecule has 0 bridgehead atoms. The van der Waals surface area contributed by atoms with E-state index < -0.39 is 9.84 Å². The molecule has 0 saturated carbocycles. The van der Waals surface area contributed by atoms with Gasteiger partial charge in [-0.2, -0.15) is 4.37 Å². The molecule has 0 aliphatic heterocycles. The van der Waals surface area contributed by atoms with Gasteiger partial charge >= 0.3 is 0 Å². The van der Waals surface area contributed by atoms with Gasteiger partial charge in [0.1, 0.15) is 5.75 Å². The van der Waals surface area contributed by atoms with Crippen molar-refractivity contribution in [1.29, 1.82) is 0 Å². The summed E-state index contributed by atoms with van der Waals surface area (Å²) in [5.41, 5.74) is 1.80. The Morgan fingerprint density at radius 3 is 2.50 bits per heavy atom. The fraction of sp³-hybridized carbons (Fsp3) is 0.385. The fourth-order valence-corrected chi connectivity index (χ4v) is 4.01. The SMILES string of the molecule is Cc1ccc(S(=O)(=O)Cc2nsc(N(C)C)n2)c(C)c1. The summed E-state index contributed by atoms with van der Waals surface area (Å²) in [4.78, 5) is 6.38. The van der Waals surface area contributed by atoms with Crippen LogP contribution in [0.1, 0.15) is 17.0 Å². The standard InChI is InChI=1S/C13H17N3O2S2/c1-9-5-6-11(10(2)7-9)20(17,18)8-12-14-13(16(3)4)19-15-12/h5-7H,8H2,1-4H3. The maximum atomic E-state index is 12.4. The molecular weight excluding hydrogens is 294 g/mol. The molecule has 0 fully saturated rings. The molecule has 1 aromatic carbocycles. The highest BCUT2D eigenvalue weighted by atomic mass is 32.2. The molecular formula is C13H17N3O2S2. The summed E-state index contributed by atoms with van der Waals surface area (Å²) in [6, 6.07) is 5.32. The lowest BCUT2D eigenvalue weighted by Crippen LogP contribution is -2.10. The third-order valence-corrected chi connectivity index (χ3v) is 5.51. The number of aromatic nitrogens is 2. The van der Waals surface area contributed by atoms with Gasteiger partial charge in [-0.15, -0.1) is 0 Å². The smallest absolute Gasteiger partial charge is 0.204 e.